The van der Waals surface area contributed by atoms with Crippen molar-refractivity contribution in [3.8, 4) is 11.4 Å². The number of anilines is 3. The maximum atomic E-state index is 4.57. The molecule has 0 bridgehead atoms. The lowest BCUT2D eigenvalue weighted by Gasteiger charge is -2.31. The second kappa shape index (κ2) is 9.88. The summed E-state index contributed by atoms with van der Waals surface area (Å²) in [7, 11) is 0. The molecule has 39 heavy (non-hydrogen) atoms. The Hall–Kier alpha value is -4.12. The molecule has 5 rings (SSSR count). The van der Waals surface area contributed by atoms with Gasteiger partial charge in [-0.25, -0.2) is 9.36 Å². The fourth-order valence-electron chi connectivity index (χ4n) is 4.71. The average molecular weight is 518 g/mol. The van der Waals surface area contributed by atoms with Crippen molar-refractivity contribution in [2.45, 2.75) is 66.2 Å². The number of rotatable bonds is 5. The van der Waals surface area contributed by atoms with E-state index < -0.39 is 0 Å². The van der Waals surface area contributed by atoms with Crippen LogP contribution in [-0.2, 0) is 10.8 Å². The van der Waals surface area contributed by atoms with Crippen molar-refractivity contribution >= 4 is 17.1 Å². The number of aryl methyl sites for hydroxylation is 2. The van der Waals surface area contributed by atoms with Crippen LogP contribution in [0.4, 0.5) is 17.1 Å². The van der Waals surface area contributed by atoms with E-state index in [1.807, 2.05) is 21.8 Å². The third kappa shape index (κ3) is 5.68. The minimum Gasteiger partial charge on any atom is -0.310 e. The first-order valence-corrected chi connectivity index (χ1v) is 13.6. The largest absolute Gasteiger partial charge is 0.310 e. The van der Waals surface area contributed by atoms with E-state index in [0.717, 1.165) is 39.6 Å². The Morgan fingerprint density at radius 2 is 1.00 bits per heavy atom. The first kappa shape index (κ1) is 26.5. The lowest BCUT2D eigenvalue weighted by molar-refractivity contribution is 0.569. The summed E-state index contributed by atoms with van der Waals surface area (Å²) in [4.78, 5) is 2.35. The van der Waals surface area contributed by atoms with Gasteiger partial charge in [0.2, 0.25) is 0 Å². The Balaban J connectivity index is 1.74. The highest BCUT2D eigenvalue weighted by atomic mass is 15.3. The van der Waals surface area contributed by atoms with Gasteiger partial charge in [-0.15, -0.1) is 0 Å². The van der Waals surface area contributed by atoms with Gasteiger partial charge in [-0.1, -0.05) is 59.7 Å². The molecule has 0 amide bonds. The van der Waals surface area contributed by atoms with Crippen LogP contribution in [0, 0.1) is 13.8 Å². The third-order valence-corrected chi connectivity index (χ3v) is 7.04. The van der Waals surface area contributed by atoms with Crippen LogP contribution in [0.2, 0.25) is 0 Å². The number of hydrogen-bond donors (Lipinski definition) is 0. The summed E-state index contributed by atoms with van der Waals surface area (Å²) in [6, 6.07) is 24.2. The van der Waals surface area contributed by atoms with Crippen molar-refractivity contribution in [1.29, 1.82) is 0 Å². The Morgan fingerprint density at radius 3 is 1.36 bits per heavy atom. The number of benzene rings is 3. The van der Waals surface area contributed by atoms with Gasteiger partial charge in [0, 0.05) is 29.5 Å². The molecule has 0 spiro atoms. The van der Waals surface area contributed by atoms with Crippen LogP contribution in [0.3, 0.4) is 0 Å². The van der Waals surface area contributed by atoms with E-state index in [9.17, 15) is 0 Å². The molecular weight excluding hydrogens is 478 g/mol. The van der Waals surface area contributed by atoms with Crippen molar-refractivity contribution in [2.75, 3.05) is 4.90 Å². The van der Waals surface area contributed by atoms with Crippen LogP contribution < -0.4 is 4.90 Å². The van der Waals surface area contributed by atoms with E-state index in [0.29, 0.717) is 0 Å². The van der Waals surface area contributed by atoms with Crippen LogP contribution in [0.15, 0.2) is 91.5 Å². The van der Waals surface area contributed by atoms with E-state index in [4.69, 9.17) is 0 Å². The fraction of sp³-hybridized carbons (Fsp3) is 0.294. The standard InChI is InChI=1S/C34H39N5/c1-24-20-35-37(22-24)28-11-9-13-30(18-28)39(31-14-10-12-29(19-31)38-23-25(2)21-36-38)32-16-26(33(3,4)5)15-27(17-32)34(6,7)8/h9-23H,1-8H3. The van der Waals surface area contributed by atoms with E-state index >= 15 is 0 Å². The van der Waals surface area contributed by atoms with Gasteiger partial charge in [0.25, 0.3) is 0 Å². The molecule has 0 saturated carbocycles. The lowest BCUT2D eigenvalue weighted by Crippen LogP contribution is -2.19. The summed E-state index contributed by atoms with van der Waals surface area (Å²) < 4.78 is 3.87. The van der Waals surface area contributed by atoms with Gasteiger partial charge in [0.05, 0.1) is 23.8 Å². The summed E-state index contributed by atoms with van der Waals surface area (Å²) in [6.07, 6.45) is 7.90. The molecule has 0 radical (unpaired) electrons. The van der Waals surface area contributed by atoms with Gasteiger partial charge >= 0.3 is 0 Å². The normalized spacial score (nSPS) is 12.1. The second-order valence-corrected chi connectivity index (χ2v) is 12.6. The zero-order valence-corrected chi connectivity index (χ0v) is 24.4. The Bertz CT molecular complexity index is 1490. The minimum atomic E-state index is 0.00451. The number of hydrogen-bond acceptors (Lipinski definition) is 3. The van der Waals surface area contributed by atoms with Crippen molar-refractivity contribution < 1.29 is 0 Å². The molecule has 0 aliphatic rings. The number of aromatic nitrogens is 4. The average Bonchev–Trinajstić information content (AvgIpc) is 3.52. The quantitative estimate of drug-likeness (QED) is 0.234. The predicted octanol–water partition coefficient (Wildman–Crippen LogP) is 8.74. The van der Waals surface area contributed by atoms with E-state index in [2.05, 4.69) is 150 Å². The maximum Gasteiger partial charge on any atom is 0.0666 e. The molecule has 5 heteroatoms. The fourth-order valence-corrected chi connectivity index (χ4v) is 4.71. The molecule has 0 aliphatic heterocycles. The molecule has 5 aromatic rings. The molecule has 0 atom stereocenters. The van der Waals surface area contributed by atoms with Crippen molar-refractivity contribution in [3.05, 3.63) is 114 Å². The smallest absolute Gasteiger partial charge is 0.0666 e. The summed E-state index contributed by atoms with van der Waals surface area (Å²) >= 11 is 0. The molecule has 0 saturated heterocycles. The van der Waals surface area contributed by atoms with E-state index in [-0.39, 0.29) is 10.8 Å². The zero-order valence-electron chi connectivity index (χ0n) is 24.4. The third-order valence-electron chi connectivity index (χ3n) is 7.04. The first-order valence-electron chi connectivity index (χ1n) is 13.6. The maximum absolute atomic E-state index is 4.57. The molecule has 0 fully saturated rings. The molecule has 0 unspecified atom stereocenters. The monoisotopic (exact) mass is 517 g/mol. The molecule has 2 aromatic heterocycles. The lowest BCUT2D eigenvalue weighted by atomic mass is 9.80. The van der Waals surface area contributed by atoms with E-state index in [1.165, 1.54) is 11.1 Å². The van der Waals surface area contributed by atoms with Gasteiger partial charge in [-0.2, -0.15) is 10.2 Å². The molecule has 5 nitrogen and oxygen atoms in total. The molecule has 200 valence electrons. The highest BCUT2D eigenvalue weighted by molar-refractivity contribution is 5.79. The van der Waals surface area contributed by atoms with Crippen LogP contribution in [0.25, 0.3) is 11.4 Å². The molecular formula is C34H39N5. The predicted molar refractivity (Wildman–Crippen MR) is 162 cm³/mol. The molecule has 2 heterocycles. The topological polar surface area (TPSA) is 38.9 Å². The Morgan fingerprint density at radius 1 is 0.564 bits per heavy atom. The summed E-state index contributed by atoms with van der Waals surface area (Å²) in [5.41, 5.74) is 10.2. The van der Waals surface area contributed by atoms with E-state index in [1.54, 1.807) is 0 Å². The summed E-state index contributed by atoms with van der Waals surface area (Å²) in [5, 5.41) is 9.13. The first-order chi connectivity index (χ1) is 18.4. The molecule has 3 aromatic carbocycles. The van der Waals surface area contributed by atoms with Crippen LogP contribution in [-0.4, -0.2) is 19.6 Å². The highest BCUT2D eigenvalue weighted by Gasteiger charge is 2.24. The Kier molecular flexibility index (Phi) is 6.71. The second-order valence-electron chi connectivity index (χ2n) is 12.6. The van der Waals surface area contributed by atoms with Crippen molar-refractivity contribution in [3.63, 3.8) is 0 Å². The minimum absolute atomic E-state index is 0.00451. The molecule has 0 N–H and O–H groups in total. The SMILES string of the molecule is Cc1cnn(-c2cccc(N(c3cccc(-n4cc(C)cn4)c3)c3cc(C(C)(C)C)cc(C(C)(C)C)c3)c2)c1. The van der Waals surface area contributed by atoms with Gasteiger partial charge in [-0.3, -0.25) is 0 Å². The van der Waals surface area contributed by atoms with Crippen LogP contribution >= 0.6 is 0 Å². The van der Waals surface area contributed by atoms with Crippen LogP contribution in [0.1, 0.15) is 63.8 Å². The van der Waals surface area contributed by atoms with Gasteiger partial charge in [0.15, 0.2) is 0 Å². The van der Waals surface area contributed by atoms with Crippen LogP contribution in [0.5, 0.6) is 0 Å². The summed E-state index contributed by atoms with van der Waals surface area (Å²) in [5.74, 6) is 0. The zero-order chi connectivity index (χ0) is 27.9. The summed E-state index contributed by atoms with van der Waals surface area (Å²) in [6.45, 7) is 17.8. The molecule has 0 aliphatic carbocycles. The number of nitrogens with zero attached hydrogens (tertiary/aromatic N) is 5. The Labute approximate surface area is 232 Å². The van der Waals surface area contributed by atoms with Crippen molar-refractivity contribution in [1.82, 2.24) is 19.6 Å². The van der Waals surface area contributed by atoms with Crippen molar-refractivity contribution in [2.24, 2.45) is 0 Å². The highest BCUT2D eigenvalue weighted by Crippen LogP contribution is 2.40. The van der Waals surface area contributed by atoms with Gasteiger partial charge < -0.3 is 4.90 Å². The van der Waals surface area contributed by atoms with Gasteiger partial charge in [0.1, 0.15) is 0 Å². The van der Waals surface area contributed by atoms with Gasteiger partial charge in [-0.05, 0) is 95.5 Å².